The fourth-order valence-electron chi connectivity index (χ4n) is 15.1. The monoisotopic (exact) mass is 1500 g/mol. The lowest BCUT2D eigenvalue weighted by Gasteiger charge is -2.34. The Balaban J connectivity index is 0.800. The van der Waals surface area contributed by atoms with E-state index >= 15 is 0 Å². The topological polar surface area (TPSA) is 140 Å². The summed E-state index contributed by atoms with van der Waals surface area (Å²) in [6, 6.07) is 44.0. The highest BCUT2D eigenvalue weighted by Gasteiger charge is 2.34. The number of carbonyl (C=O) groups is 3. The maximum atomic E-state index is 13.6. The molecule has 0 aromatic heterocycles. The molecule has 582 valence electrons. The van der Waals surface area contributed by atoms with Gasteiger partial charge < -0.3 is 33.7 Å². The average Bonchev–Trinajstić information content (AvgIpc) is 0.818. The van der Waals surface area contributed by atoms with Crippen LogP contribution in [0, 0.1) is 41.5 Å². The van der Waals surface area contributed by atoms with Gasteiger partial charge in [-0.1, -0.05) is 254 Å². The van der Waals surface area contributed by atoms with Crippen LogP contribution in [-0.4, -0.2) is 107 Å². The first-order valence-corrected chi connectivity index (χ1v) is 43.2. The first kappa shape index (κ1) is 86.3. The minimum Gasteiger partial charge on any atom is -0.461 e. The standard InChI is InChI=1S/C93H128N2O10S2/c1-10-13-52-99-66-93(67-100-53-14-11-2,68-101-54-15-12-3)94-91(97)62-103-63-92(98)104-61-77(105-95-90-58-74(9)83(88-50-38-39-51-89(88)90)43-31-27-23-19-17-21-25-29-41-79-70(5)56-72(7)81-45-33-36-48-86(79)81)65-107-106-64-76(96)60-102-59-75-57-73(8)82(87-49-37-34-46-84(75)87)42-30-26-22-18-16-20-24-28-40-78-69(4)55-71(6)80-44-32-35-47-85(78)80/h32-39,44-51,55-58,77,95H,10-31,40-43,52-54,59-68H2,1-9H3,(H,94,97). The highest BCUT2D eigenvalue weighted by molar-refractivity contribution is 8.76. The lowest BCUT2D eigenvalue weighted by atomic mass is 9.92. The molecule has 0 heterocycles. The van der Waals surface area contributed by atoms with Crippen LogP contribution in [0.5, 0.6) is 0 Å². The van der Waals surface area contributed by atoms with Crippen LogP contribution in [0.2, 0.25) is 0 Å². The first-order chi connectivity index (χ1) is 52.2. The fourth-order valence-corrected chi connectivity index (χ4v) is 17.2. The minimum atomic E-state index is -0.938. The molecule has 0 aliphatic rings. The van der Waals surface area contributed by atoms with Gasteiger partial charge in [-0.25, -0.2) is 4.79 Å². The number of unbranched alkanes of at least 4 members (excludes halogenated alkanes) is 17. The van der Waals surface area contributed by atoms with Gasteiger partial charge in [0.25, 0.3) is 0 Å². The van der Waals surface area contributed by atoms with Gasteiger partial charge in [-0.15, -0.1) is 0 Å². The maximum absolute atomic E-state index is 13.6. The summed E-state index contributed by atoms with van der Waals surface area (Å²) in [5, 5.41) is 13.4. The number of anilines is 1. The highest BCUT2D eigenvalue weighted by Crippen LogP contribution is 2.35. The molecule has 0 radical (unpaired) electrons. The summed E-state index contributed by atoms with van der Waals surface area (Å²) in [4.78, 5) is 47.0. The molecule has 0 saturated heterocycles. The van der Waals surface area contributed by atoms with Gasteiger partial charge in [0.15, 0.2) is 5.78 Å². The summed E-state index contributed by atoms with van der Waals surface area (Å²) in [6.45, 7) is 21.4. The Hall–Kier alpha value is -6.33. The summed E-state index contributed by atoms with van der Waals surface area (Å²) in [5.41, 5.74) is 18.1. The maximum Gasteiger partial charge on any atom is 0.332 e. The number of esters is 1. The quantitative estimate of drug-likeness (QED) is 0.0162. The van der Waals surface area contributed by atoms with Gasteiger partial charge in [-0.05, 0) is 217 Å². The summed E-state index contributed by atoms with van der Waals surface area (Å²) < 4.78 is 36.0. The molecule has 14 heteroatoms. The molecule has 8 rings (SSSR count). The zero-order valence-electron chi connectivity index (χ0n) is 66.6. The minimum absolute atomic E-state index is 0.00713. The normalized spacial score (nSPS) is 12.1. The molecule has 0 aliphatic carbocycles. The molecule has 0 fully saturated rings. The average molecular weight is 1500 g/mol. The lowest BCUT2D eigenvalue weighted by Crippen LogP contribution is -2.59. The van der Waals surface area contributed by atoms with Crippen LogP contribution in [0.25, 0.3) is 43.1 Å². The van der Waals surface area contributed by atoms with Crippen molar-refractivity contribution in [1.82, 2.24) is 5.32 Å². The van der Waals surface area contributed by atoms with E-state index in [0.717, 1.165) is 87.3 Å². The second kappa shape index (κ2) is 48.3. The van der Waals surface area contributed by atoms with E-state index < -0.39 is 30.1 Å². The predicted molar refractivity (Wildman–Crippen MR) is 451 cm³/mol. The number of aryl methyl sites for hydroxylation is 10. The first-order valence-electron chi connectivity index (χ1n) is 40.7. The van der Waals surface area contributed by atoms with E-state index in [1.165, 1.54) is 211 Å². The van der Waals surface area contributed by atoms with Crippen molar-refractivity contribution in [3.8, 4) is 0 Å². The van der Waals surface area contributed by atoms with Crippen LogP contribution in [0.15, 0.2) is 121 Å². The van der Waals surface area contributed by atoms with Gasteiger partial charge in [0.2, 0.25) is 5.91 Å². The summed E-state index contributed by atoms with van der Waals surface area (Å²) in [6.07, 6.45) is 29.3. The van der Waals surface area contributed by atoms with Gasteiger partial charge in [-0.3, -0.25) is 19.9 Å². The number of ether oxygens (including phenoxy) is 6. The van der Waals surface area contributed by atoms with E-state index in [1.54, 1.807) is 0 Å². The number of Topliss-reactive ketones (excluding diaryl/α,β-unsaturated/α-hetero) is 1. The second-order valence-corrected chi connectivity index (χ2v) is 32.5. The Bertz CT molecular complexity index is 3970. The van der Waals surface area contributed by atoms with Crippen molar-refractivity contribution in [1.29, 1.82) is 0 Å². The number of hydrogen-bond donors (Lipinski definition) is 2. The number of benzene rings is 8. The Kier molecular flexibility index (Phi) is 39.0. The number of carbonyl (C=O) groups excluding carboxylic acids is 3. The summed E-state index contributed by atoms with van der Waals surface area (Å²) in [5.74, 6) is -0.465. The van der Waals surface area contributed by atoms with Gasteiger partial charge in [0.05, 0.1) is 37.9 Å². The predicted octanol–water partition coefficient (Wildman–Crippen LogP) is 22.7. The number of amides is 1. The van der Waals surface area contributed by atoms with Gasteiger partial charge >= 0.3 is 5.97 Å². The van der Waals surface area contributed by atoms with Crippen molar-refractivity contribution in [2.24, 2.45) is 0 Å². The molecule has 0 saturated carbocycles. The molecular formula is C93H128N2O10S2. The van der Waals surface area contributed by atoms with Crippen molar-refractivity contribution in [2.75, 3.05) is 83.1 Å². The zero-order chi connectivity index (χ0) is 75.9. The molecule has 8 aromatic rings. The van der Waals surface area contributed by atoms with E-state index in [4.69, 9.17) is 33.3 Å². The number of ketones is 1. The molecule has 1 amide bonds. The largest absolute Gasteiger partial charge is 0.461 e. The van der Waals surface area contributed by atoms with Crippen LogP contribution in [0.1, 0.15) is 223 Å². The highest BCUT2D eigenvalue weighted by atomic mass is 33.1. The van der Waals surface area contributed by atoms with Crippen LogP contribution >= 0.6 is 21.6 Å². The Morgan fingerprint density at radius 2 is 0.794 bits per heavy atom. The Morgan fingerprint density at radius 3 is 1.25 bits per heavy atom. The van der Waals surface area contributed by atoms with Crippen molar-refractivity contribution in [3.05, 3.63) is 183 Å². The third-order valence-corrected chi connectivity index (χ3v) is 23.4. The number of rotatable bonds is 56. The SMILES string of the molecule is CCCCOCC(COCCCC)(COCCCC)NC(=O)COCC(=O)OCC(CSSCC(=O)COCc1cc(C)c(CCCCCCCCCCc2c(C)cc(C)c3ccccc23)c2ccccc12)ONc1cc(C)c(CCCCCCCCCCc2c(C)cc(C)c3ccccc23)c2ccccc12. The van der Waals surface area contributed by atoms with Crippen molar-refractivity contribution in [2.45, 2.75) is 248 Å². The molecular weight excluding hydrogens is 1370 g/mol. The molecule has 0 aliphatic heterocycles. The number of hydrogen-bond acceptors (Lipinski definition) is 13. The Morgan fingerprint density at radius 1 is 0.402 bits per heavy atom. The van der Waals surface area contributed by atoms with Crippen molar-refractivity contribution >= 4 is 88.0 Å². The molecule has 107 heavy (non-hydrogen) atoms. The molecule has 12 nitrogen and oxygen atoms in total. The molecule has 0 spiro atoms. The smallest absolute Gasteiger partial charge is 0.332 e. The molecule has 2 N–H and O–H groups in total. The van der Waals surface area contributed by atoms with E-state index in [9.17, 15) is 14.4 Å². The zero-order valence-corrected chi connectivity index (χ0v) is 68.2. The van der Waals surface area contributed by atoms with Gasteiger partial charge in [0.1, 0.15) is 38.1 Å². The Labute approximate surface area is 650 Å². The van der Waals surface area contributed by atoms with E-state index in [1.807, 2.05) is 6.07 Å². The lowest BCUT2D eigenvalue weighted by molar-refractivity contribution is -0.153. The third kappa shape index (κ3) is 28.5. The van der Waals surface area contributed by atoms with Crippen molar-refractivity contribution in [3.63, 3.8) is 0 Å². The van der Waals surface area contributed by atoms with Crippen LogP contribution in [0.4, 0.5) is 5.69 Å². The molecule has 1 unspecified atom stereocenters. The van der Waals surface area contributed by atoms with E-state index in [-0.39, 0.29) is 51.2 Å². The van der Waals surface area contributed by atoms with Crippen LogP contribution < -0.4 is 10.8 Å². The van der Waals surface area contributed by atoms with Gasteiger partial charge in [-0.2, -0.15) is 0 Å². The van der Waals surface area contributed by atoms with Crippen LogP contribution in [0.3, 0.4) is 0 Å². The number of nitrogens with one attached hydrogen (secondary N) is 2. The van der Waals surface area contributed by atoms with Gasteiger partial charge in [0, 0.05) is 31.0 Å². The van der Waals surface area contributed by atoms with Crippen LogP contribution in [-0.2, 0) is 79.9 Å². The second-order valence-electron chi connectivity index (χ2n) is 30.0. The van der Waals surface area contributed by atoms with Crippen molar-refractivity contribution < 1.29 is 47.6 Å². The van der Waals surface area contributed by atoms with E-state index in [0.29, 0.717) is 32.2 Å². The molecule has 8 aromatic carbocycles. The summed E-state index contributed by atoms with van der Waals surface area (Å²) >= 11 is 0. The number of fused-ring (bicyclic) bond motifs is 4. The molecule has 0 bridgehead atoms. The molecule has 1 atom stereocenters. The third-order valence-electron chi connectivity index (χ3n) is 21.0. The fraction of sp³-hybridized carbons (Fsp3) is 0.538. The van der Waals surface area contributed by atoms with E-state index in [2.05, 4.69) is 188 Å². The summed E-state index contributed by atoms with van der Waals surface area (Å²) in [7, 11) is 2.90.